The first-order chi connectivity index (χ1) is 11.0. The predicted molar refractivity (Wildman–Crippen MR) is 85.2 cm³/mol. The van der Waals surface area contributed by atoms with Crippen molar-refractivity contribution in [3.05, 3.63) is 18.0 Å². The van der Waals surface area contributed by atoms with E-state index in [2.05, 4.69) is 20.6 Å². The largest absolute Gasteiger partial charge is 0.388 e. The van der Waals surface area contributed by atoms with Gasteiger partial charge in [-0.15, -0.1) is 15.3 Å². The topological polar surface area (TPSA) is 95.6 Å². The second kappa shape index (κ2) is 6.11. The van der Waals surface area contributed by atoms with Crippen LogP contribution in [-0.4, -0.2) is 56.6 Å². The molecule has 23 heavy (non-hydrogen) atoms. The minimum atomic E-state index is -1.02. The molecule has 0 spiro atoms. The van der Waals surface area contributed by atoms with Crippen LogP contribution in [0, 0.1) is 0 Å². The molecule has 1 amide bonds. The van der Waals surface area contributed by atoms with E-state index < -0.39 is 5.60 Å². The fraction of sp³-hybridized carbons (Fsp3) is 0.600. The van der Waals surface area contributed by atoms with Crippen molar-refractivity contribution >= 4 is 17.4 Å². The molecule has 2 aromatic rings. The minimum Gasteiger partial charge on any atom is -0.388 e. The van der Waals surface area contributed by atoms with E-state index in [9.17, 15) is 9.90 Å². The van der Waals surface area contributed by atoms with E-state index in [-0.39, 0.29) is 12.3 Å². The zero-order valence-corrected chi connectivity index (χ0v) is 13.5. The molecule has 1 unspecified atom stereocenters. The number of hydrogen-bond donors (Lipinski definition) is 2. The number of rotatable bonds is 4. The van der Waals surface area contributed by atoms with Crippen molar-refractivity contribution in [2.24, 2.45) is 0 Å². The average Bonchev–Trinajstić information content (AvgIpc) is 2.96. The maximum Gasteiger partial charge on any atom is 0.222 e. The number of aliphatic hydroxyl groups is 1. The van der Waals surface area contributed by atoms with Gasteiger partial charge in [0.15, 0.2) is 11.5 Å². The molecule has 8 nitrogen and oxygen atoms in total. The van der Waals surface area contributed by atoms with E-state index in [1.807, 2.05) is 24.0 Å². The molecule has 2 aromatic heterocycles. The van der Waals surface area contributed by atoms with Crippen LogP contribution in [0.15, 0.2) is 12.1 Å². The molecule has 1 aliphatic heterocycles. The van der Waals surface area contributed by atoms with E-state index >= 15 is 0 Å². The third-order valence-corrected chi connectivity index (χ3v) is 4.28. The fourth-order valence-corrected chi connectivity index (χ4v) is 3.05. The monoisotopic (exact) mass is 318 g/mol. The summed E-state index contributed by atoms with van der Waals surface area (Å²) in [7, 11) is 1.58. The Bertz CT molecular complexity index is 715. The molecule has 8 heteroatoms. The molecule has 1 aliphatic rings. The maximum atomic E-state index is 11.6. The highest BCUT2D eigenvalue weighted by molar-refractivity contribution is 5.76. The van der Waals surface area contributed by atoms with E-state index in [4.69, 9.17) is 0 Å². The summed E-state index contributed by atoms with van der Waals surface area (Å²) >= 11 is 0. The SMILES string of the molecule is CCc1nnc2ccc(N3CCCC(O)(CC(=O)NC)C3)nn12. The third-order valence-electron chi connectivity index (χ3n) is 4.28. The minimum absolute atomic E-state index is 0.106. The Morgan fingerprint density at radius 3 is 3.00 bits per heavy atom. The number of aromatic nitrogens is 4. The first-order valence-corrected chi connectivity index (χ1v) is 7.94. The molecule has 1 fully saturated rings. The molecule has 1 saturated heterocycles. The molecule has 0 saturated carbocycles. The summed E-state index contributed by atoms with van der Waals surface area (Å²) in [5.41, 5.74) is -0.307. The van der Waals surface area contributed by atoms with Crippen molar-refractivity contribution in [1.82, 2.24) is 25.1 Å². The first-order valence-electron chi connectivity index (χ1n) is 7.94. The van der Waals surface area contributed by atoms with Gasteiger partial charge < -0.3 is 15.3 Å². The lowest BCUT2D eigenvalue weighted by atomic mass is 9.89. The van der Waals surface area contributed by atoms with Crippen molar-refractivity contribution in [2.75, 3.05) is 25.0 Å². The van der Waals surface area contributed by atoms with Crippen LogP contribution in [0.25, 0.3) is 5.65 Å². The highest BCUT2D eigenvalue weighted by Gasteiger charge is 2.35. The van der Waals surface area contributed by atoms with Gasteiger partial charge in [-0.2, -0.15) is 4.52 Å². The zero-order chi connectivity index (χ0) is 16.4. The van der Waals surface area contributed by atoms with E-state index in [0.29, 0.717) is 18.6 Å². The van der Waals surface area contributed by atoms with E-state index in [1.165, 1.54) is 0 Å². The molecule has 1 atom stereocenters. The number of carbonyl (C=O) groups excluding carboxylic acids is 1. The second-order valence-corrected chi connectivity index (χ2v) is 6.03. The molecule has 3 rings (SSSR count). The summed E-state index contributed by atoms with van der Waals surface area (Å²) in [4.78, 5) is 13.6. The third kappa shape index (κ3) is 3.12. The summed E-state index contributed by atoms with van der Waals surface area (Å²) in [6, 6.07) is 3.76. The highest BCUT2D eigenvalue weighted by Crippen LogP contribution is 2.27. The van der Waals surface area contributed by atoms with Crippen LogP contribution >= 0.6 is 0 Å². The molecular weight excluding hydrogens is 296 g/mol. The van der Waals surface area contributed by atoms with Gasteiger partial charge in [0.1, 0.15) is 5.82 Å². The summed E-state index contributed by atoms with van der Waals surface area (Å²) < 4.78 is 1.74. The van der Waals surface area contributed by atoms with Crippen LogP contribution in [0.5, 0.6) is 0 Å². The van der Waals surface area contributed by atoms with E-state index in [1.54, 1.807) is 11.6 Å². The number of aryl methyl sites for hydroxylation is 1. The first kappa shape index (κ1) is 15.7. The number of hydrogen-bond acceptors (Lipinski definition) is 6. The smallest absolute Gasteiger partial charge is 0.222 e. The highest BCUT2D eigenvalue weighted by atomic mass is 16.3. The van der Waals surface area contributed by atoms with Crippen LogP contribution in [0.4, 0.5) is 5.82 Å². The Morgan fingerprint density at radius 2 is 2.26 bits per heavy atom. The molecule has 0 aliphatic carbocycles. The zero-order valence-electron chi connectivity index (χ0n) is 13.5. The molecular formula is C15H22N6O2. The van der Waals surface area contributed by atoms with Crippen LogP contribution in [-0.2, 0) is 11.2 Å². The van der Waals surface area contributed by atoms with Gasteiger partial charge >= 0.3 is 0 Å². The normalized spacial score (nSPS) is 21.6. The number of carbonyl (C=O) groups is 1. The number of piperidine rings is 1. The summed E-state index contributed by atoms with van der Waals surface area (Å²) in [6.45, 7) is 3.20. The Morgan fingerprint density at radius 1 is 1.43 bits per heavy atom. The lowest BCUT2D eigenvalue weighted by molar-refractivity contribution is -0.125. The number of nitrogens with zero attached hydrogens (tertiary/aromatic N) is 5. The summed E-state index contributed by atoms with van der Waals surface area (Å²) in [6.07, 6.45) is 2.29. The number of anilines is 1. The molecule has 0 radical (unpaired) electrons. The number of nitrogens with one attached hydrogen (secondary N) is 1. The van der Waals surface area contributed by atoms with Crippen molar-refractivity contribution in [1.29, 1.82) is 0 Å². The summed E-state index contributed by atoms with van der Waals surface area (Å²) in [5, 5.41) is 26.1. The van der Waals surface area contributed by atoms with Crippen LogP contribution in [0.2, 0.25) is 0 Å². The number of fused-ring (bicyclic) bond motifs is 1. The van der Waals surface area contributed by atoms with Gasteiger partial charge in [-0.3, -0.25) is 4.79 Å². The number of amides is 1. The Kier molecular flexibility index (Phi) is 4.16. The van der Waals surface area contributed by atoms with Crippen molar-refractivity contribution in [3.8, 4) is 0 Å². The fourth-order valence-electron chi connectivity index (χ4n) is 3.05. The number of β-amino-alcohol motifs (C(OH)–C–C–N with tert-alkyl or cyclic N) is 1. The van der Waals surface area contributed by atoms with Crippen LogP contribution < -0.4 is 10.2 Å². The van der Waals surface area contributed by atoms with Crippen molar-refractivity contribution < 1.29 is 9.90 Å². The second-order valence-electron chi connectivity index (χ2n) is 6.03. The lowest BCUT2D eigenvalue weighted by Crippen LogP contribution is -2.50. The van der Waals surface area contributed by atoms with Gasteiger partial charge in [0.25, 0.3) is 0 Å². The average molecular weight is 318 g/mol. The van der Waals surface area contributed by atoms with Crippen LogP contribution in [0.1, 0.15) is 32.0 Å². The lowest BCUT2D eigenvalue weighted by Gasteiger charge is -2.39. The van der Waals surface area contributed by atoms with Gasteiger partial charge in [-0.05, 0) is 25.0 Å². The van der Waals surface area contributed by atoms with Gasteiger partial charge in [0.2, 0.25) is 5.91 Å². The van der Waals surface area contributed by atoms with Gasteiger partial charge in [0.05, 0.1) is 12.0 Å². The Balaban J connectivity index is 1.84. The summed E-state index contributed by atoms with van der Waals surface area (Å²) in [5.74, 6) is 1.42. The maximum absolute atomic E-state index is 11.6. The van der Waals surface area contributed by atoms with Crippen LogP contribution in [0.3, 0.4) is 0 Å². The quantitative estimate of drug-likeness (QED) is 0.833. The van der Waals surface area contributed by atoms with Gasteiger partial charge in [-0.25, -0.2) is 0 Å². The molecule has 3 heterocycles. The standard InChI is InChI=1S/C15H22N6O2/c1-3-11-17-18-12-5-6-13(19-21(11)12)20-8-4-7-15(23,10-20)9-14(22)16-2/h5-6,23H,3-4,7-10H2,1-2H3,(H,16,22). The molecule has 0 bridgehead atoms. The van der Waals surface area contributed by atoms with Crippen molar-refractivity contribution in [3.63, 3.8) is 0 Å². The van der Waals surface area contributed by atoms with Gasteiger partial charge in [0, 0.05) is 26.6 Å². The molecule has 0 aromatic carbocycles. The molecule has 2 N–H and O–H groups in total. The van der Waals surface area contributed by atoms with Crippen molar-refractivity contribution in [2.45, 2.75) is 38.2 Å². The molecule has 124 valence electrons. The Hall–Kier alpha value is -2.22. The van der Waals surface area contributed by atoms with Gasteiger partial charge in [-0.1, -0.05) is 6.92 Å². The Labute approximate surface area is 134 Å². The van der Waals surface area contributed by atoms with E-state index in [0.717, 1.165) is 31.0 Å². The predicted octanol–water partition coefficient (Wildman–Crippen LogP) is 0.154.